The molecule has 0 bridgehead atoms. The second-order valence-corrected chi connectivity index (χ2v) is 7.20. The number of alkyl halides is 3. The van der Waals surface area contributed by atoms with Crippen molar-refractivity contribution in [3.05, 3.63) is 0 Å². The van der Waals surface area contributed by atoms with Crippen LogP contribution in [0.5, 0.6) is 0 Å². The van der Waals surface area contributed by atoms with Gasteiger partial charge in [0.05, 0.1) is 17.9 Å². The number of halogens is 4. The number of rotatable bonds is 1. The third-order valence-corrected chi connectivity index (χ3v) is 5.08. The van der Waals surface area contributed by atoms with E-state index >= 15 is 0 Å². The first-order valence-electron chi connectivity index (χ1n) is 5.41. The summed E-state index contributed by atoms with van der Waals surface area (Å²) >= 11 is 0. The molecule has 2 unspecified atom stereocenters. The van der Waals surface area contributed by atoms with E-state index in [1.807, 2.05) is 0 Å². The molecule has 0 aromatic heterocycles. The molecule has 2 atom stereocenters. The largest absolute Gasteiger partial charge is 0.391 e. The van der Waals surface area contributed by atoms with Crippen LogP contribution in [-0.4, -0.2) is 30.3 Å². The van der Waals surface area contributed by atoms with Crippen LogP contribution in [0.1, 0.15) is 32.1 Å². The summed E-state index contributed by atoms with van der Waals surface area (Å²) in [6.07, 6.45) is -4.47. The van der Waals surface area contributed by atoms with Crippen LogP contribution in [0.4, 0.5) is 13.2 Å². The van der Waals surface area contributed by atoms with Crippen molar-refractivity contribution >= 4 is 25.8 Å². The molecule has 18 heavy (non-hydrogen) atoms. The van der Waals surface area contributed by atoms with E-state index in [-0.39, 0.29) is 32.1 Å². The van der Waals surface area contributed by atoms with Crippen molar-refractivity contribution in [2.24, 2.45) is 5.92 Å². The van der Waals surface area contributed by atoms with E-state index in [0.717, 1.165) is 0 Å². The maximum Gasteiger partial charge on any atom is 0.391 e. The first kappa shape index (κ1) is 13.9. The van der Waals surface area contributed by atoms with E-state index in [4.69, 9.17) is 10.7 Å². The van der Waals surface area contributed by atoms with Gasteiger partial charge in [0.1, 0.15) is 0 Å². The van der Waals surface area contributed by atoms with Crippen LogP contribution in [0.2, 0.25) is 0 Å². The molecule has 2 rings (SSSR count). The fraction of sp³-hybridized carbons (Fsp3) is 0.889. The van der Waals surface area contributed by atoms with E-state index in [0.29, 0.717) is 4.31 Å². The fourth-order valence-corrected chi connectivity index (χ4v) is 4.59. The minimum atomic E-state index is -4.37. The van der Waals surface area contributed by atoms with Crippen LogP contribution >= 0.6 is 10.7 Å². The van der Waals surface area contributed by atoms with Crippen LogP contribution in [0.25, 0.3) is 0 Å². The Kier molecular flexibility index (Phi) is 3.09. The highest BCUT2D eigenvalue weighted by atomic mass is 35.7. The molecular weight excluding hydrogens is 295 g/mol. The lowest BCUT2D eigenvalue weighted by atomic mass is 9.69. The number of carbonyl (C=O) groups excluding carboxylic acids is 1. The Morgan fingerprint density at radius 3 is 2.44 bits per heavy atom. The third kappa shape index (κ3) is 2.20. The number of amides is 1. The molecule has 4 nitrogen and oxygen atoms in total. The first-order chi connectivity index (χ1) is 8.06. The van der Waals surface area contributed by atoms with Gasteiger partial charge in [-0.15, -0.1) is 0 Å². The summed E-state index contributed by atoms with van der Waals surface area (Å²) in [6.45, 7) is 0. The summed E-state index contributed by atoms with van der Waals surface area (Å²) in [6, 6.07) is 0. The average molecular weight is 306 g/mol. The van der Waals surface area contributed by atoms with Gasteiger partial charge in [0.25, 0.3) is 0 Å². The van der Waals surface area contributed by atoms with Gasteiger partial charge < -0.3 is 0 Å². The van der Waals surface area contributed by atoms with Crippen LogP contribution in [0.15, 0.2) is 0 Å². The van der Waals surface area contributed by atoms with Crippen molar-refractivity contribution in [1.82, 2.24) is 4.31 Å². The maximum atomic E-state index is 12.7. The van der Waals surface area contributed by atoms with Crippen molar-refractivity contribution in [2.75, 3.05) is 0 Å². The molecule has 2 fully saturated rings. The molecule has 0 radical (unpaired) electrons. The Morgan fingerprint density at radius 2 is 2.00 bits per heavy atom. The van der Waals surface area contributed by atoms with Crippen LogP contribution < -0.4 is 0 Å². The Morgan fingerprint density at radius 1 is 1.39 bits per heavy atom. The summed E-state index contributed by atoms with van der Waals surface area (Å²) in [5.74, 6) is -2.30. The minimum absolute atomic E-state index is 0.0321. The highest BCUT2D eigenvalue weighted by Gasteiger charge is 2.60. The average Bonchev–Trinajstić information content (AvgIpc) is 2.12. The van der Waals surface area contributed by atoms with Crippen LogP contribution in [-0.2, 0) is 14.0 Å². The third-order valence-electron chi connectivity index (χ3n) is 3.64. The van der Waals surface area contributed by atoms with Gasteiger partial charge in [-0.05, 0) is 19.3 Å². The minimum Gasteiger partial charge on any atom is -0.274 e. The molecular formula is C9H11ClF3NO3S. The van der Waals surface area contributed by atoms with Crippen LogP contribution in [0, 0.1) is 5.92 Å². The molecule has 0 aromatic rings. The van der Waals surface area contributed by atoms with E-state index in [2.05, 4.69) is 0 Å². The Labute approximate surface area is 107 Å². The molecule has 1 amide bonds. The van der Waals surface area contributed by atoms with Gasteiger partial charge in [-0.25, -0.2) is 4.31 Å². The molecule has 9 heteroatoms. The van der Waals surface area contributed by atoms with Crippen molar-refractivity contribution in [2.45, 2.75) is 43.8 Å². The van der Waals surface area contributed by atoms with Crippen LogP contribution in [0.3, 0.4) is 0 Å². The Bertz CT molecular complexity index is 478. The van der Waals surface area contributed by atoms with Gasteiger partial charge in [-0.1, -0.05) is 6.42 Å². The fourth-order valence-electron chi connectivity index (χ4n) is 2.92. The van der Waals surface area contributed by atoms with E-state index < -0.39 is 32.8 Å². The molecule has 2 aliphatic rings. The van der Waals surface area contributed by atoms with Gasteiger partial charge in [0, 0.05) is 10.7 Å². The first-order valence-corrected chi connectivity index (χ1v) is 7.67. The van der Waals surface area contributed by atoms with E-state index in [1.54, 1.807) is 0 Å². The van der Waals surface area contributed by atoms with Gasteiger partial charge in [-0.2, -0.15) is 21.6 Å². The van der Waals surface area contributed by atoms with Crippen molar-refractivity contribution < 1.29 is 26.4 Å². The molecule has 1 saturated carbocycles. The lowest BCUT2D eigenvalue weighted by molar-refractivity contribution is -0.199. The Balaban J connectivity index is 2.25. The second-order valence-electron chi connectivity index (χ2n) is 4.84. The number of nitrogens with zero attached hydrogens (tertiary/aromatic N) is 1. The highest BCUT2D eigenvalue weighted by molar-refractivity contribution is 8.12. The van der Waals surface area contributed by atoms with E-state index in [1.165, 1.54) is 0 Å². The lowest BCUT2D eigenvalue weighted by Crippen LogP contribution is -2.66. The maximum absolute atomic E-state index is 12.7. The SMILES string of the molecule is O=C1CC2(CCCC(C(F)(F)F)C2)N1S(=O)(=O)Cl. The van der Waals surface area contributed by atoms with Gasteiger partial charge in [-0.3, -0.25) is 4.79 Å². The summed E-state index contributed by atoms with van der Waals surface area (Å²) < 4.78 is 61.0. The predicted molar refractivity (Wildman–Crippen MR) is 57.0 cm³/mol. The van der Waals surface area contributed by atoms with Crippen molar-refractivity contribution in [1.29, 1.82) is 0 Å². The molecule has 1 spiro atoms. The summed E-state index contributed by atoms with van der Waals surface area (Å²) in [5.41, 5.74) is -1.25. The summed E-state index contributed by atoms with van der Waals surface area (Å²) in [4.78, 5) is 11.3. The summed E-state index contributed by atoms with van der Waals surface area (Å²) in [5, 5.41) is 0. The molecule has 0 N–H and O–H groups in total. The molecule has 1 aliphatic carbocycles. The molecule has 1 saturated heterocycles. The monoisotopic (exact) mass is 305 g/mol. The zero-order valence-electron chi connectivity index (χ0n) is 9.20. The standard InChI is InChI=1S/C9H11ClF3NO3S/c10-18(16,17)14-7(15)5-8(14)3-1-2-6(4-8)9(11,12)13/h6H,1-5H2. The highest BCUT2D eigenvalue weighted by Crippen LogP contribution is 2.51. The number of hydrogen-bond acceptors (Lipinski definition) is 3. The zero-order valence-corrected chi connectivity index (χ0v) is 10.8. The molecule has 1 aliphatic heterocycles. The van der Waals surface area contributed by atoms with Crippen molar-refractivity contribution in [3.63, 3.8) is 0 Å². The van der Waals surface area contributed by atoms with Crippen molar-refractivity contribution in [3.8, 4) is 0 Å². The Hall–Kier alpha value is -0.500. The quantitative estimate of drug-likeness (QED) is 0.551. The molecule has 0 aromatic carbocycles. The number of carbonyl (C=O) groups is 1. The molecule has 1 heterocycles. The second kappa shape index (κ2) is 4.00. The topological polar surface area (TPSA) is 54.5 Å². The predicted octanol–water partition coefficient (Wildman–Crippen LogP) is 2.19. The smallest absolute Gasteiger partial charge is 0.274 e. The zero-order chi connectivity index (χ0) is 13.8. The normalized spacial score (nSPS) is 33.7. The lowest BCUT2D eigenvalue weighted by Gasteiger charge is -2.53. The van der Waals surface area contributed by atoms with Gasteiger partial charge >= 0.3 is 15.4 Å². The van der Waals surface area contributed by atoms with Gasteiger partial charge in [0.15, 0.2) is 0 Å². The number of hydrogen-bond donors (Lipinski definition) is 0. The summed E-state index contributed by atoms with van der Waals surface area (Å²) in [7, 11) is 0.807. The number of β-lactam (4-membered cyclic amide) rings is 1. The van der Waals surface area contributed by atoms with Gasteiger partial charge in [0.2, 0.25) is 5.91 Å². The van der Waals surface area contributed by atoms with E-state index in [9.17, 15) is 26.4 Å². The molecule has 104 valence electrons.